The van der Waals surface area contributed by atoms with Gasteiger partial charge in [-0.15, -0.1) is 9.74 Å². The first-order valence-corrected chi connectivity index (χ1v) is 7.27. The van der Waals surface area contributed by atoms with Crippen LogP contribution in [0.15, 0.2) is 58.6 Å². The molecule has 0 aliphatic carbocycles. The number of sulfonamides is 1. The average molecular weight is 291 g/mol. The molecule has 0 radical (unpaired) electrons. The number of hydrazine groups is 1. The molecule has 0 bridgehead atoms. The topological polar surface area (TPSA) is 87.6 Å². The maximum atomic E-state index is 12.0. The highest BCUT2D eigenvalue weighted by molar-refractivity contribution is 7.89. The lowest BCUT2D eigenvalue weighted by Crippen LogP contribution is -2.29. The summed E-state index contributed by atoms with van der Waals surface area (Å²) < 4.78 is 24.0. The van der Waals surface area contributed by atoms with Crippen molar-refractivity contribution in [2.75, 3.05) is 5.43 Å². The summed E-state index contributed by atoms with van der Waals surface area (Å²) in [7, 11) is -3.64. The number of benzene rings is 2. The third-order valence-corrected chi connectivity index (χ3v) is 3.90. The molecular weight excluding hydrogens is 278 g/mol. The minimum absolute atomic E-state index is 0.168. The Hall–Kier alpha value is -2.25. The Morgan fingerprint density at radius 1 is 0.950 bits per heavy atom. The highest BCUT2D eigenvalue weighted by Gasteiger charge is 2.12. The average Bonchev–Trinajstić information content (AvgIpc) is 2.46. The number of hydrogen-bond acceptors (Lipinski definition) is 5. The molecule has 6 nitrogen and oxygen atoms in total. The van der Waals surface area contributed by atoms with E-state index in [1.807, 2.05) is 6.92 Å². The van der Waals surface area contributed by atoms with E-state index >= 15 is 0 Å². The minimum atomic E-state index is -3.64. The second-order valence-electron chi connectivity index (χ2n) is 4.18. The SMILES string of the molecule is Cc1ccc(S(=O)(=O)NNc2ccc(N=O)cc2)cc1. The van der Waals surface area contributed by atoms with Crippen LogP contribution in [0.4, 0.5) is 11.4 Å². The fourth-order valence-corrected chi connectivity index (χ4v) is 2.37. The zero-order chi connectivity index (χ0) is 14.6. The van der Waals surface area contributed by atoms with Crippen molar-refractivity contribution in [3.8, 4) is 0 Å². The Kier molecular flexibility index (Phi) is 4.11. The molecule has 0 fully saturated rings. The maximum absolute atomic E-state index is 12.0. The van der Waals surface area contributed by atoms with Crippen molar-refractivity contribution in [2.24, 2.45) is 5.18 Å². The highest BCUT2D eigenvalue weighted by Crippen LogP contribution is 2.16. The smallest absolute Gasteiger partial charge is 0.257 e. The lowest BCUT2D eigenvalue weighted by molar-refractivity contribution is 0.587. The number of aryl methyl sites for hydroxylation is 1. The first-order chi connectivity index (χ1) is 9.51. The van der Waals surface area contributed by atoms with E-state index in [0.717, 1.165) is 5.56 Å². The molecule has 2 N–H and O–H groups in total. The number of nitroso groups, excluding NO2 is 1. The molecule has 0 saturated carbocycles. The zero-order valence-electron chi connectivity index (χ0n) is 10.7. The molecule has 2 rings (SSSR count). The molecule has 0 amide bonds. The summed E-state index contributed by atoms with van der Waals surface area (Å²) in [4.78, 5) is 12.7. The van der Waals surface area contributed by atoms with Gasteiger partial charge >= 0.3 is 0 Å². The summed E-state index contributed by atoms with van der Waals surface area (Å²) in [6.45, 7) is 1.88. The van der Waals surface area contributed by atoms with Crippen molar-refractivity contribution in [2.45, 2.75) is 11.8 Å². The van der Waals surface area contributed by atoms with Gasteiger partial charge < -0.3 is 5.43 Å². The number of anilines is 1. The predicted molar refractivity (Wildman–Crippen MR) is 77.0 cm³/mol. The summed E-state index contributed by atoms with van der Waals surface area (Å²) in [5.41, 5.74) is 4.33. The lowest BCUT2D eigenvalue weighted by atomic mass is 10.2. The second kappa shape index (κ2) is 5.81. The van der Waals surface area contributed by atoms with Crippen LogP contribution in [0.1, 0.15) is 5.56 Å². The van der Waals surface area contributed by atoms with Crippen LogP contribution in [-0.2, 0) is 10.0 Å². The van der Waals surface area contributed by atoms with Crippen molar-refractivity contribution in [1.82, 2.24) is 4.83 Å². The molecular formula is C13H13N3O3S. The molecule has 0 heterocycles. The largest absolute Gasteiger partial charge is 0.308 e. The monoisotopic (exact) mass is 291 g/mol. The predicted octanol–water partition coefficient (Wildman–Crippen LogP) is 2.70. The lowest BCUT2D eigenvalue weighted by Gasteiger charge is -2.09. The van der Waals surface area contributed by atoms with Gasteiger partial charge in [-0.25, -0.2) is 8.42 Å². The van der Waals surface area contributed by atoms with Crippen LogP contribution in [0.2, 0.25) is 0 Å². The minimum Gasteiger partial charge on any atom is -0.308 e. The third kappa shape index (κ3) is 3.40. The van der Waals surface area contributed by atoms with Crippen LogP contribution in [0.5, 0.6) is 0 Å². The summed E-state index contributed by atoms with van der Waals surface area (Å²) in [6.07, 6.45) is 0. The Bertz CT molecular complexity index is 695. The Labute approximate surface area is 116 Å². The van der Waals surface area contributed by atoms with Crippen LogP contribution in [0.3, 0.4) is 0 Å². The second-order valence-corrected chi connectivity index (χ2v) is 5.86. The molecule has 2 aromatic carbocycles. The molecule has 7 heteroatoms. The number of nitrogens with one attached hydrogen (secondary N) is 2. The zero-order valence-corrected chi connectivity index (χ0v) is 11.5. The van der Waals surface area contributed by atoms with E-state index in [1.54, 1.807) is 24.3 Å². The third-order valence-electron chi connectivity index (χ3n) is 2.63. The van der Waals surface area contributed by atoms with E-state index in [4.69, 9.17) is 0 Å². The van der Waals surface area contributed by atoms with Gasteiger partial charge in [0.2, 0.25) is 0 Å². The van der Waals surface area contributed by atoms with E-state index in [1.165, 1.54) is 24.3 Å². The van der Waals surface area contributed by atoms with Gasteiger partial charge in [0.15, 0.2) is 0 Å². The number of hydrogen-bond donors (Lipinski definition) is 2. The molecule has 0 spiro atoms. The fourth-order valence-electron chi connectivity index (χ4n) is 1.51. The van der Waals surface area contributed by atoms with Gasteiger partial charge in [0, 0.05) is 5.69 Å². The molecule has 0 aliphatic rings. The molecule has 20 heavy (non-hydrogen) atoms. The summed E-state index contributed by atoms with van der Waals surface area (Å²) in [5.74, 6) is 0. The fraction of sp³-hybridized carbons (Fsp3) is 0.0769. The molecule has 2 aromatic rings. The van der Waals surface area contributed by atoms with Crippen LogP contribution in [0.25, 0.3) is 0 Å². The highest BCUT2D eigenvalue weighted by atomic mass is 32.2. The maximum Gasteiger partial charge on any atom is 0.257 e. The Morgan fingerprint density at radius 3 is 2.10 bits per heavy atom. The first kappa shape index (κ1) is 14.2. The molecule has 104 valence electrons. The van der Waals surface area contributed by atoms with Crippen molar-refractivity contribution >= 4 is 21.4 Å². The first-order valence-electron chi connectivity index (χ1n) is 5.79. The quantitative estimate of drug-likeness (QED) is 0.655. The van der Waals surface area contributed by atoms with Crippen LogP contribution in [0, 0.1) is 11.8 Å². The standard InChI is InChI=1S/C13H13N3O3S/c1-10-2-8-13(9-3-10)20(18,19)16-14-11-4-6-12(15-17)7-5-11/h2-9,14,16H,1H3. The van der Waals surface area contributed by atoms with E-state index in [0.29, 0.717) is 5.69 Å². The van der Waals surface area contributed by atoms with Crippen molar-refractivity contribution < 1.29 is 8.42 Å². The van der Waals surface area contributed by atoms with E-state index in [-0.39, 0.29) is 10.6 Å². The normalized spacial score (nSPS) is 11.1. The van der Waals surface area contributed by atoms with Gasteiger partial charge in [-0.05, 0) is 48.5 Å². The van der Waals surface area contributed by atoms with E-state index < -0.39 is 10.0 Å². The summed E-state index contributed by atoms with van der Waals surface area (Å²) in [5, 5.41) is 2.76. The Morgan fingerprint density at radius 2 is 1.55 bits per heavy atom. The van der Waals surface area contributed by atoms with Crippen molar-refractivity contribution in [3.05, 3.63) is 59.0 Å². The molecule has 0 saturated heterocycles. The molecule has 0 aromatic heterocycles. The van der Waals surface area contributed by atoms with E-state index in [2.05, 4.69) is 15.4 Å². The van der Waals surface area contributed by atoms with Crippen molar-refractivity contribution in [3.63, 3.8) is 0 Å². The number of nitrogens with zero attached hydrogens (tertiary/aromatic N) is 1. The van der Waals surface area contributed by atoms with Crippen LogP contribution in [-0.4, -0.2) is 8.42 Å². The summed E-state index contributed by atoms with van der Waals surface area (Å²) >= 11 is 0. The summed E-state index contributed by atoms with van der Waals surface area (Å²) in [6, 6.07) is 12.6. The van der Waals surface area contributed by atoms with Crippen LogP contribution < -0.4 is 10.3 Å². The van der Waals surface area contributed by atoms with E-state index in [9.17, 15) is 13.3 Å². The number of rotatable bonds is 5. The Balaban J connectivity index is 2.08. The van der Waals surface area contributed by atoms with Crippen molar-refractivity contribution in [1.29, 1.82) is 0 Å². The van der Waals surface area contributed by atoms with Gasteiger partial charge in [0.25, 0.3) is 10.0 Å². The van der Waals surface area contributed by atoms with Gasteiger partial charge in [-0.3, -0.25) is 0 Å². The molecule has 0 aliphatic heterocycles. The van der Waals surface area contributed by atoms with Gasteiger partial charge in [-0.2, -0.15) is 0 Å². The van der Waals surface area contributed by atoms with Crippen LogP contribution >= 0.6 is 0 Å². The molecule has 0 unspecified atom stereocenters. The van der Waals surface area contributed by atoms with Gasteiger partial charge in [-0.1, -0.05) is 17.7 Å². The van der Waals surface area contributed by atoms with Gasteiger partial charge in [0.1, 0.15) is 5.69 Å². The molecule has 0 atom stereocenters. The van der Waals surface area contributed by atoms with Gasteiger partial charge in [0.05, 0.1) is 4.90 Å².